The number of aromatic nitrogens is 2. The van der Waals surface area contributed by atoms with Gasteiger partial charge in [-0.25, -0.2) is 4.98 Å². The second-order valence-corrected chi connectivity index (χ2v) is 7.08. The van der Waals surface area contributed by atoms with E-state index in [0.29, 0.717) is 0 Å². The first kappa shape index (κ1) is 16.2. The van der Waals surface area contributed by atoms with Crippen LogP contribution in [0.2, 0.25) is 0 Å². The van der Waals surface area contributed by atoms with Crippen LogP contribution in [0.4, 0.5) is 5.69 Å². The monoisotopic (exact) mass is 334 g/mol. The Morgan fingerprint density at radius 3 is 2.52 bits per heavy atom. The van der Waals surface area contributed by atoms with Crippen molar-refractivity contribution >= 4 is 11.3 Å². The van der Waals surface area contributed by atoms with Crippen molar-refractivity contribution in [3.8, 4) is 11.3 Å². The number of hydrogen-bond donors (Lipinski definition) is 1. The Morgan fingerprint density at radius 1 is 1.00 bits per heavy atom. The highest BCUT2D eigenvalue weighted by Gasteiger charge is 2.19. The van der Waals surface area contributed by atoms with Gasteiger partial charge in [-0.3, -0.25) is 9.30 Å². The fourth-order valence-corrected chi connectivity index (χ4v) is 3.90. The summed E-state index contributed by atoms with van der Waals surface area (Å²) < 4.78 is 2.31. The average Bonchev–Trinajstić information content (AvgIpc) is 2.78. The Balaban J connectivity index is 1.82. The first-order valence-electron chi connectivity index (χ1n) is 9.27. The molecule has 1 saturated heterocycles. The lowest BCUT2D eigenvalue weighted by molar-refractivity contribution is 0.273. The molecule has 0 atom stereocenters. The normalized spacial score (nSPS) is 16.2. The topological polar surface area (TPSA) is 46.6 Å². The van der Waals surface area contributed by atoms with Gasteiger partial charge in [-0.1, -0.05) is 31.0 Å². The molecule has 3 heterocycles. The number of aryl methyl sites for hydroxylation is 1. The van der Waals surface area contributed by atoms with Crippen LogP contribution in [0.1, 0.15) is 37.1 Å². The lowest BCUT2D eigenvalue weighted by atomic mass is 10.1. The molecule has 2 N–H and O–H groups in total. The Hall–Kier alpha value is -2.33. The molecule has 0 amide bonds. The lowest BCUT2D eigenvalue weighted by Crippen LogP contribution is -2.25. The molecule has 25 heavy (non-hydrogen) atoms. The summed E-state index contributed by atoms with van der Waals surface area (Å²) in [6, 6.07) is 14.4. The van der Waals surface area contributed by atoms with Crippen LogP contribution >= 0.6 is 0 Å². The molecule has 2 aromatic heterocycles. The van der Waals surface area contributed by atoms with Crippen molar-refractivity contribution in [2.24, 2.45) is 0 Å². The molecule has 1 fully saturated rings. The van der Waals surface area contributed by atoms with Crippen LogP contribution in [0.15, 0.2) is 42.5 Å². The summed E-state index contributed by atoms with van der Waals surface area (Å²) >= 11 is 0. The summed E-state index contributed by atoms with van der Waals surface area (Å²) in [6.07, 6.45) is 5.29. The Morgan fingerprint density at radius 2 is 1.76 bits per heavy atom. The maximum atomic E-state index is 6.03. The zero-order valence-corrected chi connectivity index (χ0v) is 14.9. The van der Waals surface area contributed by atoms with Crippen LogP contribution in [0.25, 0.3) is 16.9 Å². The van der Waals surface area contributed by atoms with Crippen LogP contribution in [0.5, 0.6) is 0 Å². The predicted octanol–water partition coefficient (Wildman–Crippen LogP) is 4.27. The molecule has 0 radical (unpaired) electrons. The SMILES string of the molecule is Cc1cccc2nc(-c3cccc(N)c3)c(CN3CCCCCC3)n12. The van der Waals surface area contributed by atoms with Crippen LogP contribution in [0, 0.1) is 6.92 Å². The van der Waals surface area contributed by atoms with Gasteiger partial charge in [0.2, 0.25) is 0 Å². The van der Waals surface area contributed by atoms with Gasteiger partial charge in [0.05, 0.1) is 11.4 Å². The van der Waals surface area contributed by atoms with Gasteiger partial charge in [0, 0.05) is 23.5 Å². The van der Waals surface area contributed by atoms with Crippen molar-refractivity contribution in [1.82, 2.24) is 14.3 Å². The Kier molecular flexibility index (Phi) is 4.45. The number of benzene rings is 1. The van der Waals surface area contributed by atoms with Crippen LogP contribution in [-0.4, -0.2) is 27.4 Å². The number of imidazole rings is 1. The van der Waals surface area contributed by atoms with Gasteiger partial charge >= 0.3 is 0 Å². The number of fused-ring (bicyclic) bond motifs is 1. The number of pyridine rings is 1. The number of anilines is 1. The second-order valence-electron chi connectivity index (χ2n) is 7.08. The summed E-state index contributed by atoms with van der Waals surface area (Å²) in [4.78, 5) is 7.54. The molecule has 130 valence electrons. The fraction of sp³-hybridized carbons (Fsp3) is 0.381. The van der Waals surface area contributed by atoms with E-state index in [1.165, 1.54) is 50.2 Å². The third-order valence-corrected chi connectivity index (χ3v) is 5.17. The maximum absolute atomic E-state index is 6.03. The zero-order chi connectivity index (χ0) is 17.2. The third kappa shape index (κ3) is 3.27. The molecule has 1 aliphatic heterocycles. The zero-order valence-electron chi connectivity index (χ0n) is 14.9. The van der Waals surface area contributed by atoms with Gasteiger partial charge in [0.1, 0.15) is 5.65 Å². The molecule has 1 aromatic carbocycles. The van der Waals surface area contributed by atoms with Crippen molar-refractivity contribution in [3.05, 3.63) is 53.9 Å². The number of hydrogen-bond acceptors (Lipinski definition) is 3. The molecule has 1 aliphatic rings. The summed E-state index contributed by atoms with van der Waals surface area (Å²) in [5.74, 6) is 0. The molecule has 0 aliphatic carbocycles. The second kappa shape index (κ2) is 6.89. The van der Waals surface area contributed by atoms with Crippen molar-refractivity contribution in [1.29, 1.82) is 0 Å². The number of nitrogen functional groups attached to an aromatic ring is 1. The van der Waals surface area contributed by atoms with E-state index in [-0.39, 0.29) is 0 Å². The number of nitrogens with two attached hydrogens (primary N) is 1. The number of nitrogens with zero attached hydrogens (tertiary/aromatic N) is 3. The minimum absolute atomic E-state index is 0.784. The molecular formula is C21H26N4. The van der Waals surface area contributed by atoms with E-state index in [9.17, 15) is 0 Å². The Labute approximate surface area is 149 Å². The molecule has 0 saturated carbocycles. The van der Waals surface area contributed by atoms with Gasteiger partial charge in [0.15, 0.2) is 0 Å². The summed E-state index contributed by atoms with van der Waals surface area (Å²) in [7, 11) is 0. The summed E-state index contributed by atoms with van der Waals surface area (Å²) in [6.45, 7) is 5.45. The molecule has 0 bridgehead atoms. The maximum Gasteiger partial charge on any atom is 0.137 e. The average molecular weight is 334 g/mol. The van der Waals surface area contributed by atoms with Crippen molar-refractivity contribution in [3.63, 3.8) is 0 Å². The van der Waals surface area contributed by atoms with Gasteiger partial charge in [-0.05, 0) is 57.1 Å². The molecule has 0 unspecified atom stereocenters. The highest BCUT2D eigenvalue weighted by molar-refractivity contribution is 5.69. The van der Waals surface area contributed by atoms with Crippen LogP contribution < -0.4 is 5.73 Å². The highest BCUT2D eigenvalue weighted by Crippen LogP contribution is 2.28. The van der Waals surface area contributed by atoms with E-state index in [0.717, 1.165) is 29.1 Å². The molecule has 4 nitrogen and oxygen atoms in total. The van der Waals surface area contributed by atoms with Gasteiger partial charge in [-0.15, -0.1) is 0 Å². The van der Waals surface area contributed by atoms with E-state index < -0.39 is 0 Å². The van der Waals surface area contributed by atoms with E-state index in [4.69, 9.17) is 10.7 Å². The highest BCUT2D eigenvalue weighted by atomic mass is 15.2. The van der Waals surface area contributed by atoms with Crippen molar-refractivity contribution < 1.29 is 0 Å². The van der Waals surface area contributed by atoms with E-state index >= 15 is 0 Å². The largest absolute Gasteiger partial charge is 0.399 e. The van der Waals surface area contributed by atoms with Gasteiger partial charge in [-0.2, -0.15) is 0 Å². The molecule has 0 spiro atoms. The number of likely N-dealkylation sites (tertiary alicyclic amines) is 1. The molecule has 4 heteroatoms. The Bertz CT molecular complexity index is 873. The van der Waals surface area contributed by atoms with Crippen molar-refractivity contribution in [2.75, 3.05) is 18.8 Å². The molecule has 4 rings (SSSR count). The van der Waals surface area contributed by atoms with Crippen molar-refractivity contribution in [2.45, 2.75) is 39.2 Å². The third-order valence-electron chi connectivity index (χ3n) is 5.17. The predicted molar refractivity (Wildman–Crippen MR) is 104 cm³/mol. The summed E-state index contributed by atoms with van der Waals surface area (Å²) in [5, 5.41) is 0. The van der Waals surface area contributed by atoms with E-state index in [1.54, 1.807) is 0 Å². The molecule has 3 aromatic rings. The summed E-state index contributed by atoms with van der Waals surface area (Å²) in [5.41, 5.74) is 12.5. The van der Waals surface area contributed by atoms with E-state index in [1.807, 2.05) is 18.2 Å². The lowest BCUT2D eigenvalue weighted by Gasteiger charge is -2.20. The minimum atomic E-state index is 0.784. The van der Waals surface area contributed by atoms with Gasteiger partial charge in [0.25, 0.3) is 0 Å². The quantitative estimate of drug-likeness (QED) is 0.728. The van der Waals surface area contributed by atoms with Crippen LogP contribution in [0.3, 0.4) is 0 Å². The number of rotatable bonds is 3. The first-order valence-corrected chi connectivity index (χ1v) is 9.27. The smallest absolute Gasteiger partial charge is 0.137 e. The van der Waals surface area contributed by atoms with Gasteiger partial charge < -0.3 is 5.73 Å². The first-order chi connectivity index (χ1) is 12.2. The fourth-order valence-electron chi connectivity index (χ4n) is 3.90. The minimum Gasteiger partial charge on any atom is -0.399 e. The standard InChI is InChI=1S/C21H26N4/c1-16-8-6-11-20-23-21(17-9-7-10-18(22)14-17)19(25(16)20)15-24-12-4-2-3-5-13-24/h6-11,14H,2-5,12-13,15,22H2,1H3. The van der Waals surface area contributed by atoms with Crippen LogP contribution in [-0.2, 0) is 6.54 Å². The molecular weight excluding hydrogens is 308 g/mol. The van der Waals surface area contributed by atoms with E-state index in [2.05, 4.69) is 40.5 Å².